The zero-order valence-corrected chi connectivity index (χ0v) is 9.52. The Labute approximate surface area is 98.0 Å². The number of furan rings is 1. The van der Waals surface area contributed by atoms with Crippen molar-refractivity contribution in [2.75, 3.05) is 5.43 Å². The maximum Gasteiger partial charge on any atom is 0.305 e. The van der Waals surface area contributed by atoms with Crippen LogP contribution in [-0.4, -0.2) is 15.9 Å². The van der Waals surface area contributed by atoms with Gasteiger partial charge in [-0.05, 0) is 32.0 Å². The summed E-state index contributed by atoms with van der Waals surface area (Å²) in [6.45, 7) is 3.71. The van der Waals surface area contributed by atoms with Crippen LogP contribution in [-0.2, 0) is 0 Å². The van der Waals surface area contributed by atoms with E-state index in [0.717, 1.165) is 11.4 Å². The molecule has 0 aliphatic rings. The first kappa shape index (κ1) is 11.1. The Kier molecular flexibility index (Phi) is 3.04. The molecule has 17 heavy (non-hydrogen) atoms. The lowest BCUT2D eigenvalue weighted by atomic mass is 10.4. The number of amides is 1. The lowest BCUT2D eigenvalue weighted by Gasteiger charge is -2.06. The summed E-state index contributed by atoms with van der Waals surface area (Å²) in [5.41, 5.74) is 6.73. The Morgan fingerprint density at radius 2 is 2.00 bits per heavy atom. The van der Waals surface area contributed by atoms with Gasteiger partial charge in [-0.25, -0.2) is 9.97 Å². The molecule has 6 heteroatoms. The van der Waals surface area contributed by atoms with Crippen LogP contribution in [0.25, 0.3) is 0 Å². The Balaban J connectivity index is 2.00. The van der Waals surface area contributed by atoms with E-state index in [2.05, 4.69) is 20.8 Å². The number of hydrogen-bond donors (Lipinski definition) is 2. The van der Waals surface area contributed by atoms with Crippen molar-refractivity contribution in [3.05, 3.63) is 41.6 Å². The van der Waals surface area contributed by atoms with Crippen LogP contribution in [0.2, 0.25) is 0 Å². The minimum atomic E-state index is -0.377. The number of aryl methyl sites for hydroxylation is 2. The molecule has 0 bridgehead atoms. The van der Waals surface area contributed by atoms with Gasteiger partial charge in [0.2, 0.25) is 5.95 Å². The zero-order chi connectivity index (χ0) is 12.3. The van der Waals surface area contributed by atoms with E-state index < -0.39 is 0 Å². The number of carbonyl (C=O) groups is 1. The molecule has 2 N–H and O–H groups in total. The Bertz CT molecular complexity index is 502. The van der Waals surface area contributed by atoms with Gasteiger partial charge in [0, 0.05) is 11.4 Å². The van der Waals surface area contributed by atoms with E-state index in [0.29, 0.717) is 5.95 Å². The summed E-state index contributed by atoms with van der Waals surface area (Å²) in [5, 5.41) is 0. The summed E-state index contributed by atoms with van der Waals surface area (Å²) >= 11 is 0. The van der Waals surface area contributed by atoms with Crippen LogP contribution in [0.3, 0.4) is 0 Å². The van der Waals surface area contributed by atoms with E-state index in [1.165, 1.54) is 6.26 Å². The van der Waals surface area contributed by atoms with Crippen molar-refractivity contribution in [3.63, 3.8) is 0 Å². The summed E-state index contributed by atoms with van der Waals surface area (Å²) in [6, 6.07) is 5.06. The monoisotopic (exact) mass is 232 g/mol. The SMILES string of the molecule is Cc1cc(C)nc(NNC(=O)c2ccco2)n1. The third kappa shape index (κ3) is 2.81. The molecule has 6 nitrogen and oxygen atoms in total. The minimum Gasteiger partial charge on any atom is -0.459 e. The van der Waals surface area contributed by atoms with Crippen LogP contribution in [0.1, 0.15) is 21.9 Å². The van der Waals surface area contributed by atoms with Gasteiger partial charge in [-0.3, -0.25) is 15.6 Å². The van der Waals surface area contributed by atoms with E-state index in [-0.39, 0.29) is 11.7 Å². The number of carbonyl (C=O) groups excluding carboxylic acids is 1. The lowest BCUT2D eigenvalue weighted by Crippen LogP contribution is -2.30. The Morgan fingerprint density at radius 1 is 1.29 bits per heavy atom. The van der Waals surface area contributed by atoms with E-state index in [1.807, 2.05) is 19.9 Å². The van der Waals surface area contributed by atoms with Gasteiger partial charge in [-0.1, -0.05) is 0 Å². The molecule has 0 unspecified atom stereocenters. The van der Waals surface area contributed by atoms with Crippen molar-refractivity contribution in [2.24, 2.45) is 0 Å². The molecule has 0 radical (unpaired) electrons. The predicted molar refractivity (Wildman–Crippen MR) is 61.3 cm³/mol. The van der Waals surface area contributed by atoms with Crippen LogP contribution in [0.15, 0.2) is 28.9 Å². The van der Waals surface area contributed by atoms with Crippen molar-refractivity contribution in [3.8, 4) is 0 Å². The summed E-state index contributed by atoms with van der Waals surface area (Å²) < 4.78 is 4.94. The number of nitrogens with one attached hydrogen (secondary N) is 2. The number of anilines is 1. The van der Waals surface area contributed by atoms with E-state index in [9.17, 15) is 4.79 Å². The van der Waals surface area contributed by atoms with Crippen LogP contribution in [0, 0.1) is 13.8 Å². The second-order valence-electron chi connectivity index (χ2n) is 3.53. The van der Waals surface area contributed by atoms with Gasteiger partial charge in [-0.15, -0.1) is 0 Å². The standard InChI is InChI=1S/C11H12N4O2/c1-7-6-8(2)13-11(12-7)15-14-10(16)9-4-3-5-17-9/h3-6H,1-2H3,(H,14,16)(H,12,13,15). The fraction of sp³-hybridized carbons (Fsp3) is 0.182. The number of hydrazine groups is 1. The maximum atomic E-state index is 11.5. The molecular formula is C11H12N4O2. The summed E-state index contributed by atoms with van der Waals surface area (Å²) in [4.78, 5) is 19.8. The van der Waals surface area contributed by atoms with Gasteiger partial charge in [0.15, 0.2) is 5.76 Å². The molecule has 0 aliphatic heterocycles. The highest BCUT2D eigenvalue weighted by Crippen LogP contribution is 2.03. The third-order valence-electron chi connectivity index (χ3n) is 2.02. The molecule has 0 saturated heterocycles. The molecule has 2 heterocycles. The predicted octanol–water partition coefficient (Wildman–Crippen LogP) is 1.44. The highest BCUT2D eigenvalue weighted by atomic mass is 16.3. The van der Waals surface area contributed by atoms with Gasteiger partial charge < -0.3 is 4.42 Å². The van der Waals surface area contributed by atoms with E-state index in [4.69, 9.17) is 4.42 Å². The molecule has 88 valence electrons. The number of hydrogen-bond acceptors (Lipinski definition) is 5. The van der Waals surface area contributed by atoms with Gasteiger partial charge in [0.1, 0.15) is 0 Å². The molecule has 0 spiro atoms. The second kappa shape index (κ2) is 4.65. The first-order valence-electron chi connectivity index (χ1n) is 5.07. The molecule has 2 aromatic heterocycles. The molecule has 0 saturated carbocycles. The number of rotatable bonds is 3. The van der Waals surface area contributed by atoms with Gasteiger partial charge in [0.05, 0.1) is 6.26 Å². The summed E-state index contributed by atoms with van der Waals surface area (Å²) in [6.07, 6.45) is 1.43. The molecule has 1 amide bonds. The minimum absolute atomic E-state index is 0.224. The van der Waals surface area contributed by atoms with Crippen molar-refractivity contribution in [1.82, 2.24) is 15.4 Å². The van der Waals surface area contributed by atoms with Crippen LogP contribution in [0.4, 0.5) is 5.95 Å². The van der Waals surface area contributed by atoms with Gasteiger partial charge in [0.25, 0.3) is 0 Å². The number of nitrogens with zero attached hydrogens (tertiary/aromatic N) is 2. The Hall–Kier alpha value is -2.37. The summed E-state index contributed by atoms with van der Waals surface area (Å²) in [5.74, 6) is 0.196. The molecule has 0 aliphatic carbocycles. The van der Waals surface area contributed by atoms with Crippen LogP contribution >= 0.6 is 0 Å². The first-order chi connectivity index (χ1) is 8.15. The highest BCUT2D eigenvalue weighted by molar-refractivity contribution is 5.91. The van der Waals surface area contributed by atoms with Crippen LogP contribution in [0.5, 0.6) is 0 Å². The fourth-order valence-corrected chi connectivity index (χ4v) is 1.36. The summed E-state index contributed by atoms with van der Waals surface area (Å²) in [7, 11) is 0. The second-order valence-corrected chi connectivity index (χ2v) is 3.53. The normalized spacial score (nSPS) is 10.0. The molecular weight excluding hydrogens is 220 g/mol. The van der Waals surface area contributed by atoms with E-state index in [1.54, 1.807) is 12.1 Å². The smallest absolute Gasteiger partial charge is 0.305 e. The lowest BCUT2D eigenvalue weighted by molar-refractivity contribution is 0.0935. The van der Waals surface area contributed by atoms with Crippen molar-refractivity contribution < 1.29 is 9.21 Å². The van der Waals surface area contributed by atoms with Gasteiger partial charge in [-0.2, -0.15) is 0 Å². The maximum absolute atomic E-state index is 11.5. The topological polar surface area (TPSA) is 80.0 Å². The van der Waals surface area contributed by atoms with E-state index >= 15 is 0 Å². The molecule has 2 rings (SSSR count). The third-order valence-corrected chi connectivity index (χ3v) is 2.02. The first-order valence-corrected chi connectivity index (χ1v) is 5.07. The van der Waals surface area contributed by atoms with Crippen molar-refractivity contribution in [1.29, 1.82) is 0 Å². The zero-order valence-electron chi connectivity index (χ0n) is 9.52. The van der Waals surface area contributed by atoms with Crippen molar-refractivity contribution in [2.45, 2.75) is 13.8 Å². The van der Waals surface area contributed by atoms with Gasteiger partial charge >= 0.3 is 5.91 Å². The molecule has 0 fully saturated rings. The fourth-order valence-electron chi connectivity index (χ4n) is 1.36. The highest BCUT2D eigenvalue weighted by Gasteiger charge is 2.08. The number of aromatic nitrogens is 2. The molecule has 2 aromatic rings. The average Bonchev–Trinajstić information content (AvgIpc) is 2.78. The Morgan fingerprint density at radius 3 is 2.59 bits per heavy atom. The van der Waals surface area contributed by atoms with Crippen molar-refractivity contribution >= 4 is 11.9 Å². The quantitative estimate of drug-likeness (QED) is 0.783. The largest absolute Gasteiger partial charge is 0.459 e. The van der Waals surface area contributed by atoms with Crippen LogP contribution < -0.4 is 10.9 Å². The molecule has 0 atom stereocenters. The molecule has 0 aromatic carbocycles. The average molecular weight is 232 g/mol.